The number of rotatable bonds is 5. The number of nitrogens with zero attached hydrogens (tertiary/aromatic N) is 2. The first-order valence-electron chi connectivity index (χ1n) is 7.66. The highest BCUT2D eigenvalue weighted by Crippen LogP contribution is 2.22. The van der Waals surface area contributed by atoms with E-state index in [-0.39, 0.29) is 11.6 Å². The fourth-order valence-corrected chi connectivity index (χ4v) is 2.61. The second kappa shape index (κ2) is 7.59. The van der Waals surface area contributed by atoms with Crippen LogP contribution in [0.25, 0.3) is 11.3 Å². The highest BCUT2D eigenvalue weighted by atomic mass is 35.5. The Bertz CT molecular complexity index is 650. The molecular formula is C16H19ClN4O2. The third-order valence-corrected chi connectivity index (χ3v) is 4.05. The number of hydrogen-bond acceptors (Lipinski definition) is 5. The second-order valence-corrected chi connectivity index (χ2v) is 5.87. The summed E-state index contributed by atoms with van der Waals surface area (Å²) in [6, 6.07) is 8.84. The van der Waals surface area contributed by atoms with Gasteiger partial charge in [-0.05, 0) is 24.3 Å². The third kappa shape index (κ3) is 4.31. The summed E-state index contributed by atoms with van der Waals surface area (Å²) in [4.78, 5) is 14.4. The third-order valence-electron chi connectivity index (χ3n) is 3.79. The van der Waals surface area contributed by atoms with Gasteiger partial charge >= 0.3 is 0 Å². The van der Waals surface area contributed by atoms with Crippen LogP contribution in [0.5, 0.6) is 0 Å². The van der Waals surface area contributed by atoms with Crippen molar-refractivity contribution in [1.82, 2.24) is 20.7 Å². The number of aromatic nitrogens is 1. The highest BCUT2D eigenvalue weighted by molar-refractivity contribution is 6.30. The van der Waals surface area contributed by atoms with E-state index in [4.69, 9.17) is 16.1 Å². The predicted octanol–water partition coefficient (Wildman–Crippen LogP) is 1.63. The number of amides is 1. The zero-order valence-corrected chi connectivity index (χ0v) is 13.5. The van der Waals surface area contributed by atoms with Crippen LogP contribution < -0.4 is 10.6 Å². The van der Waals surface area contributed by atoms with Crippen LogP contribution in [-0.2, 0) is 0 Å². The quantitative estimate of drug-likeness (QED) is 0.869. The number of nitrogens with one attached hydrogen (secondary N) is 2. The van der Waals surface area contributed by atoms with Crippen LogP contribution in [-0.4, -0.2) is 55.2 Å². The summed E-state index contributed by atoms with van der Waals surface area (Å²) in [5.41, 5.74) is 1.12. The smallest absolute Gasteiger partial charge is 0.273 e. The normalized spacial score (nSPS) is 15.5. The van der Waals surface area contributed by atoms with Gasteiger partial charge in [-0.25, -0.2) is 0 Å². The number of halogens is 1. The molecule has 7 heteroatoms. The Morgan fingerprint density at radius 1 is 1.30 bits per heavy atom. The predicted molar refractivity (Wildman–Crippen MR) is 88.6 cm³/mol. The van der Waals surface area contributed by atoms with E-state index in [1.807, 2.05) is 12.1 Å². The summed E-state index contributed by atoms with van der Waals surface area (Å²) in [7, 11) is 0. The summed E-state index contributed by atoms with van der Waals surface area (Å²) in [6.45, 7) is 5.47. The van der Waals surface area contributed by atoms with Gasteiger partial charge in [0.2, 0.25) is 0 Å². The lowest BCUT2D eigenvalue weighted by molar-refractivity contribution is 0.0938. The molecule has 0 radical (unpaired) electrons. The average Bonchev–Trinajstić information content (AvgIpc) is 3.06. The Hall–Kier alpha value is -1.89. The molecule has 0 aliphatic carbocycles. The maximum Gasteiger partial charge on any atom is 0.273 e. The van der Waals surface area contributed by atoms with Crippen LogP contribution >= 0.6 is 11.6 Å². The molecule has 0 bridgehead atoms. The maximum atomic E-state index is 12.1. The molecule has 2 N–H and O–H groups in total. The fourth-order valence-electron chi connectivity index (χ4n) is 2.49. The van der Waals surface area contributed by atoms with Crippen molar-refractivity contribution in [3.63, 3.8) is 0 Å². The molecule has 1 saturated heterocycles. The molecule has 1 fully saturated rings. The van der Waals surface area contributed by atoms with Crippen molar-refractivity contribution in [2.75, 3.05) is 39.3 Å². The molecule has 0 saturated carbocycles. The van der Waals surface area contributed by atoms with Crippen molar-refractivity contribution in [2.45, 2.75) is 0 Å². The molecule has 1 aliphatic heterocycles. The second-order valence-electron chi connectivity index (χ2n) is 5.43. The van der Waals surface area contributed by atoms with Gasteiger partial charge in [0.1, 0.15) is 0 Å². The first-order chi connectivity index (χ1) is 11.2. The van der Waals surface area contributed by atoms with Gasteiger partial charge in [0.05, 0.1) is 0 Å². The van der Waals surface area contributed by atoms with Crippen molar-refractivity contribution in [3.05, 3.63) is 41.0 Å². The topological polar surface area (TPSA) is 70.4 Å². The van der Waals surface area contributed by atoms with Crippen molar-refractivity contribution < 1.29 is 9.32 Å². The van der Waals surface area contributed by atoms with Gasteiger partial charge in [-0.2, -0.15) is 0 Å². The highest BCUT2D eigenvalue weighted by Gasteiger charge is 2.14. The maximum absolute atomic E-state index is 12.1. The van der Waals surface area contributed by atoms with E-state index in [1.54, 1.807) is 18.2 Å². The van der Waals surface area contributed by atoms with E-state index >= 15 is 0 Å². The number of carbonyl (C=O) groups excluding carboxylic acids is 1. The molecule has 1 aromatic carbocycles. The molecule has 1 aliphatic rings. The fraction of sp³-hybridized carbons (Fsp3) is 0.375. The van der Waals surface area contributed by atoms with Gasteiger partial charge in [0, 0.05) is 55.9 Å². The lowest BCUT2D eigenvalue weighted by atomic mass is 10.1. The Morgan fingerprint density at radius 3 is 2.78 bits per heavy atom. The standard InChI is InChI=1S/C16H19ClN4O2/c17-13-3-1-12(2-4-13)15-11-14(20-23-15)16(22)19-7-10-21-8-5-18-6-9-21/h1-4,11,18H,5-10H2,(H,19,22). The minimum absolute atomic E-state index is 0.218. The summed E-state index contributed by atoms with van der Waals surface area (Å²) in [6.07, 6.45) is 0. The molecular weight excluding hydrogens is 316 g/mol. The Balaban J connectivity index is 1.52. The molecule has 0 atom stereocenters. The zero-order chi connectivity index (χ0) is 16.1. The molecule has 2 heterocycles. The molecule has 0 spiro atoms. The summed E-state index contributed by atoms with van der Waals surface area (Å²) in [5.74, 6) is 0.331. The van der Waals surface area contributed by atoms with Crippen molar-refractivity contribution in [3.8, 4) is 11.3 Å². The van der Waals surface area contributed by atoms with Crippen molar-refractivity contribution in [2.24, 2.45) is 0 Å². The van der Waals surface area contributed by atoms with Crippen molar-refractivity contribution in [1.29, 1.82) is 0 Å². The van der Waals surface area contributed by atoms with Crippen molar-refractivity contribution >= 4 is 17.5 Å². The van der Waals surface area contributed by atoms with Crippen LogP contribution in [0.3, 0.4) is 0 Å². The first-order valence-corrected chi connectivity index (χ1v) is 8.04. The monoisotopic (exact) mass is 334 g/mol. The number of carbonyl (C=O) groups is 1. The van der Waals surface area contributed by atoms with Gasteiger partial charge in [0.25, 0.3) is 5.91 Å². The zero-order valence-electron chi connectivity index (χ0n) is 12.7. The minimum Gasteiger partial charge on any atom is -0.355 e. The number of benzene rings is 1. The number of hydrogen-bond donors (Lipinski definition) is 2. The lowest BCUT2D eigenvalue weighted by Gasteiger charge is -2.26. The van der Waals surface area contributed by atoms with E-state index in [0.717, 1.165) is 38.3 Å². The molecule has 3 rings (SSSR count). The van der Waals surface area contributed by atoms with E-state index in [0.29, 0.717) is 17.3 Å². The number of piperazine rings is 1. The SMILES string of the molecule is O=C(NCCN1CCNCC1)c1cc(-c2ccc(Cl)cc2)on1. The van der Waals surface area contributed by atoms with Crippen LogP contribution in [0.2, 0.25) is 5.02 Å². The van der Waals surface area contributed by atoms with Crippen LogP contribution in [0, 0.1) is 0 Å². The van der Waals surface area contributed by atoms with E-state index in [1.165, 1.54) is 0 Å². The molecule has 1 amide bonds. The molecule has 1 aromatic heterocycles. The van der Waals surface area contributed by atoms with Crippen LogP contribution in [0.4, 0.5) is 0 Å². The molecule has 122 valence electrons. The van der Waals surface area contributed by atoms with Gasteiger partial charge in [-0.3, -0.25) is 9.69 Å². The lowest BCUT2D eigenvalue weighted by Crippen LogP contribution is -2.46. The Morgan fingerprint density at radius 2 is 2.04 bits per heavy atom. The van der Waals surface area contributed by atoms with Gasteiger partial charge in [0.15, 0.2) is 11.5 Å². The van der Waals surface area contributed by atoms with E-state index in [9.17, 15) is 4.79 Å². The summed E-state index contributed by atoms with van der Waals surface area (Å²) >= 11 is 5.86. The Labute approximate surface area is 139 Å². The molecule has 6 nitrogen and oxygen atoms in total. The van der Waals surface area contributed by atoms with Gasteiger partial charge in [-0.1, -0.05) is 16.8 Å². The summed E-state index contributed by atoms with van der Waals surface area (Å²) < 4.78 is 5.24. The van der Waals surface area contributed by atoms with Gasteiger partial charge < -0.3 is 15.2 Å². The van der Waals surface area contributed by atoms with Crippen LogP contribution in [0.1, 0.15) is 10.5 Å². The molecule has 2 aromatic rings. The summed E-state index contributed by atoms with van der Waals surface area (Å²) in [5, 5.41) is 10.7. The van der Waals surface area contributed by atoms with Crippen LogP contribution in [0.15, 0.2) is 34.9 Å². The minimum atomic E-state index is -0.218. The largest absolute Gasteiger partial charge is 0.355 e. The molecule has 0 unspecified atom stereocenters. The van der Waals surface area contributed by atoms with E-state index in [2.05, 4.69) is 20.7 Å². The van der Waals surface area contributed by atoms with Gasteiger partial charge in [-0.15, -0.1) is 0 Å². The first kappa shape index (κ1) is 16.0. The average molecular weight is 335 g/mol. The molecule has 23 heavy (non-hydrogen) atoms. The Kier molecular flexibility index (Phi) is 5.27. The van der Waals surface area contributed by atoms with E-state index < -0.39 is 0 Å².